The lowest BCUT2D eigenvalue weighted by Crippen LogP contribution is -2.27. The van der Waals surface area contributed by atoms with Gasteiger partial charge < -0.3 is 15.4 Å². The molecule has 0 aliphatic rings. The summed E-state index contributed by atoms with van der Waals surface area (Å²) in [5, 5.41) is 5.86. The number of hydrogen-bond donors (Lipinski definition) is 2. The van der Waals surface area contributed by atoms with E-state index in [4.69, 9.17) is 0 Å². The quantitative estimate of drug-likeness (QED) is 0.804. The fraction of sp³-hybridized carbons (Fsp3) is 0.222. The van der Waals surface area contributed by atoms with Crippen LogP contribution in [0, 0.1) is 6.92 Å². The Labute approximate surface area is 135 Å². The molecule has 0 fully saturated rings. The van der Waals surface area contributed by atoms with Crippen LogP contribution in [0.2, 0.25) is 0 Å². The number of esters is 1. The Hall–Kier alpha value is -2.66. The van der Waals surface area contributed by atoms with Crippen molar-refractivity contribution < 1.29 is 14.3 Å². The van der Waals surface area contributed by atoms with Crippen LogP contribution < -0.4 is 10.6 Å². The van der Waals surface area contributed by atoms with Gasteiger partial charge in [0.2, 0.25) is 5.91 Å². The molecule has 0 aromatic heterocycles. The van der Waals surface area contributed by atoms with E-state index in [1.807, 2.05) is 31.2 Å². The molecule has 2 aromatic carbocycles. The number of carbonyl (C=O) groups is 2. The van der Waals surface area contributed by atoms with Gasteiger partial charge in [0.15, 0.2) is 0 Å². The molecule has 0 atom stereocenters. The van der Waals surface area contributed by atoms with Crippen molar-refractivity contribution in [3.63, 3.8) is 0 Å². The van der Waals surface area contributed by atoms with Crippen molar-refractivity contribution in [2.45, 2.75) is 13.5 Å². The van der Waals surface area contributed by atoms with Crippen molar-refractivity contribution in [2.24, 2.45) is 0 Å². The van der Waals surface area contributed by atoms with Gasteiger partial charge in [0.05, 0.1) is 19.2 Å². The summed E-state index contributed by atoms with van der Waals surface area (Å²) < 4.78 is 4.62. The third-order valence-corrected chi connectivity index (χ3v) is 3.33. The Kier molecular flexibility index (Phi) is 5.88. The summed E-state index contributed by atoms with van der Waals surface area (Å²) >= 11 is 0. The van der Waals surface area contributed by atoms with Crippen LogP contribution in [-0.4, -0.2) is 25.5 Å². The molecule has 0 aliphatic heterocycles. The summed E-state index contributed by atoms with van der Waals surface area (Å²) in [6.45, 7) is 2.89. The minimum absolute atomic E-state index is 0.136. The van der Waals surface area contributed by atoms with Crippen LogP contribution in [0.15, 0.2) is 48.5 Å². The van der Waals surface area contributed by atoms with Crippen LogP contribution in [0.3, 0.4) is 0 Å². The van der Waals surface area contributed by atoms with Gasteiger partial charge in [-0.2, -0.15) is 0 Å². The van der Waals surface area contributed by atoms with E-state index >= 15 is 0 Å². The predicted octanol–water partition coefficient (Wildman–Crippen LogP) is 2.51. The molecule has 0 heterocycles. The number of rotatable bonds is 6. The lowest BCUT2D eigenvalue weighted by molar-refractivity contribution is -0.115. The molecule has 2 N–H and O–H groups in total. The molecule has 0 saturated heterocycles. The molecular weight excluding hydrogens is 292 g/mol. The molecule has 0 saturated carbocycles. The van der Waals surface area contributed by atoms with Gasteiger partial charge in [0.1, 0.15) is 0 Å². The fourth-order valence-corrected chi connectivity index (χ4v) is 2.04. The molecule has 23 heavy (non-hydrogen) atoms. The summed E-state index contributed by atoms with van der Waals surface area (Å²) in [4.78, 5) is 23.2. The molecule has 0 unspecified atom stereocenters. The Morgan fingerprint density at radius 3 is 2.26 bits per heavy atom. The van der Waals surface area contributed by atoms with Gasteiger partial charge in [-0.05, 0) is 36.8 Å². The Morgan fingerprint density at radius 1 is 1.00 bits per heavy atom. The summed E-state index contributed by atoms with van der Waals surface area (Å²) in [6.07, 6.45) is 0. The van der Waals surface area contributed by atoms with Gasteiger partial charge in [0, 0.05) is 12.2 Å². The number of amides is 1. The highest BCUT2D eigenvalue weighted by molar-refractivity contribution is 5.93. The zero-order chi connectivity index (χ0) is 16.7. The lowest BCUT2D eigenvalue weighted by atomic mass is 10.1. The van der Waals surface area contributed by atoms with E-state index in [0.717, 1.165) is 5.56 Å². The number of carbonyl (C=O) groups excluding carboxylic acids is 2. The molecule has 5 heteroatoms. The normalized spacial score (nSPS) is 10.2. The van der Waals surface area contributed by atoms with Gasteiger partial charge in [-0.15, -0.1) is 0 Å². The average Bonchev–Trinajstić information content (AvgIpc) is 2.56. The summed E-state index contributed by atoms with van der Waals surface area (Å²) in [5.74, 6) is -0.537. The van der Waals surface area contributed by atoms with E-state index < -0.39 is 5.97 Å². The first-order valence-corrected chi connectivity index (χ1v) is 7.33. The molecule has 1 amide bonds. The van der Waals surface area contributed by atoms with Gasteiger partial charge in [0.25, 0.3) is 0 Å². The second kappa shape index (κ2) is 8.10. The lowest BCUT2D eigenvalue weighted by Gasteiger charge is -2.08. The molecule has 0 aliphatic carbocycles. The average molecular weight is 312 g/mol. The van der Waals surface area contributed by atoms with Crippen molar-refractivity contribution in [1.29, 1.82) is 0 Å². The van der Waals surface area contributed by atoms with E-state index in [1.165, 1.54) is 12.7 Å². The Bertz CT molecular complexity index is 664. The molecule has 120 valence electrons. The number of ether oxygens (including phenoxy) is 1. The standard InChI is InChI=1S/C18H20N2O3/c1-13-3-5-14(6-4-13)11-19-12-17(21)20-16-9-7-15(8-10-16)18(22)23-2/h3-10,19H,11-12H2,1-2H3,(H,20,21). The third-order valence-electron chi connectivity index (χ3n) is 3.33. The van der Waals surface area contributed by atoms with Gasteiger partial charge >= 0.3 is 5.97 Å². The van der Waals surface area contributed by atoms with Crippen LogP contribution in [-0.2, 0) is 16.1 Å². The van der Waals surface area contributed by atoms with Crippen molar-refractivity contribution >= 4 is 17.6 Å². The Balaban J connectivity index is 1.78. The van der Waals surface area contributed by atoms with Crippen LogP contribution in [0.1, 0.15) is 21.5 Å². The number of benzene rings is 2. The van der Waals surface area contributed by atoms with Gasteiger partial charge in [-0.25, -0.2) is 4.79 Å². The zero-order valence-corrected chi connectivity index (χ0v) is 13.3. The van der Waals surface area contributed by atoms with Crippen LogP contribution in [0.25, 0.3) is 0 Å². The van der Waals surface area contributed by atoms with Crippen molar-refractivity contribution in [2.75, 3.05) is 19.0 Å². The largest absolute Gasteiger partial charge is 0.465 e. The van der Waals surface area contributed by atoms with Gasteiger partial charge in [-0.1, -0.05) is 29.8 Å². The second-order valence-electron chi connectivity index (χ2n) is 5.21. The summed E-state index contributed by atoms with van der Waals surface area (Å²) in [7, 11) is 1.33. The predicted molar refractivity (Wildman–Crippen MR) is 89.3 cm³/mol. The first-order chi connectivity index (χ1) is 11.1. The third kappa shape index (κ3) is 5.23. The van der Waals surface area contributed by atoms with Crippen molar-refractivity contribution in [1.82, 2.24) is 5.32 Å². The fourth-order valence-electron chi connectivity index (χ4n) is 2.04. The maximum atomic E-state index is 11.9. The van der Waals surface area contributed by atoms with E-state index in [9.17, 15) is 9.59 Å². The topological polar surface area (TPSA) is 67.4 Å². The van der Waals surface area contributed by atoms with E-state index in [1.54, 1.807) is 24.3 Å². The number of nitrogens with one attached hydrogen (secondary N) is 2. The van der Waals surface area contributed by atoms with Crippen LogP contribution in [0.4, 0.5) is 5.69 Å². The van der Waals surface area contributed by atoms with E-state index in [-0.39, 0.29) is 12.5 Å². The van der Waals surface area contributed by atoms with Crippen molar-refractivity contribution in [3.8, 4) is 0 Å². The molecular formula is C18H20N2O3. The van der Waals surface area contributed by atoms with E-state index in [2.05, 4.69) is 15.4 Å². The molecule has 2 rings (SSSR count). The monoisotopic (exact) mass is 312 g/mol. The highest BCUT2D eigenvalue weighted by atomic mass is 16.5. The van der Waals surface area contributed by atoms with Crippen LogP contribution >= 0.6 is 0 Å². The number of hydrogen-bond acceptors (Lipinski definition) is 4. The first-order valence-electron chi connectivity index (χ1n) is 7.33. The maximum Gasteiger partial charge on any atom is 0.337 e. The first kappa shape index (κ1) is 16.7. The minimum Gasteiger partial charge on any atom is -0.465 e. The smallest absolute Gasteiger partial charge is 0.337 e. The van der Waals surface area contributed by atoms with Crippen molar-refractivity contribution in [3.05, 3.63) is 65.2 Å². The molecule has 0 bridgehead atoms. The zero-order valence-electron chi connectivity index (χ0n) is 13.3. The molecule has 0 radical (unpaired) electrons. The Morgan fingerprint density at radius 2 is 1.65 bits per heavy atom. The molecule has 5 nitrogen and oxygen atoms in total. The van der Waals surface area contributed by atoms with E-state index in [0.29, 0.717) is 17.8 Å². The summed E-state index contributed by atoms with van der Waals surface area (Å²) in [6, 6.07) is 14.7. The second-order valence-corrected chi connectivity index (χ2v) is 5.21. The highest BCUT2D eigenvalue weighted by Gasteiger charge is 2.06. The maximum absolute atomic E-state index is 11.9. The van der Waals surface area contributed by atoms with Gasteiger partial charge in [-0.3, -0.25) is 4.79 Å². The summed E-state index contributed by atoms with van der Waals surface area (Å²) in [5.41, 5.74) is 3.43. The molecule has 0 spiro atoms. The number of anilines is 1. The number of aryl methyl sites for hydroxylation is 1. The number of methoxy groups -OCH3 is 1. The highest BCUT2D eigenvalue weighted by Crippen LogP contribution is 2.10. The minimum atomic E-state index is -0.400. The van der Waals surface area contributed by atoms with Crippen LogP contribution in [0.5, 0.6) is 0 Å². The molecule has 2 aromatic rings. The SMILES string of the molecule is COC(=O)c1ccc(NC(=O)CNCc2ccc(C)cc2)cc1.